The average molecular weight is 292 g/mol. The largest absolute Gasteiger partial charge is 0.399 e. The van der Waals surface area contributed by atoms with Crippen LogP contribution in [-0.2, 0) is 10.0 Å². The quantitative estimate of drug-likeness (QED) is 0.657. The molecule has 0 atom stereocenters. The van der Waals surface area contributed by atoms with Gasteiger partial charge in [0.2, 0.25) is 5.95 Å². The molecule has 0 unspecified atom stereocenters. The summed E-state index contributed by atoms with van der Waals surface area (Å²) >= 11 is 0. The number of hydrogen-bond acceptors (Lipinski definition) is 5. The molecule has 8 heteroatoms. The van der Waals surface area contributed by atoms with Crippen LogP contribution in [0.2, 0.25) is 0 Å². The number of halogens is 1. The number of nitrogens with zero attached hydrogens (tertiary/aromatic N) is 2. The molecule has 6 nitrogen and oxygen atoms in total. The van der Waals surface area contributed by atoms with Crippen molar-refractivity contribution >= 4 is 21.5 Å². The molecule has 20 heavy (non-hydrogen) atoms. The van der Waals surface area contributed by atoms with Crippen molar-refractivity contribution in [3.8, 4) is 6.07 Å². The van der Waals surface area contributed by atoms with Gasteiger partial charge in [-0.2, -0.15) is 9.65 Å². The van der Waals surface area contributed by atoms with E-state index in [1.165, 1.54) is 30.3 Å². The summed E-state index contributed by atoms with van der Waals surface area (Å²) in [5, 5.41) is 8.94. The number of nitriles is 1. The third-order valence-corrected chi connectivity index (χ3v) is 3.78. The highest BCUT2D eigenvalue weighted by molar-refractivity contribution is 7.92. The molecular weight excluding hydrogens is 283 g/mol. The number of nitrogens with one attached hydrogen (secondary N) is 1. The van der Waals surface area contributed by atoms with Crippen LogP contribution in [0.4, 0.5) is 15.9 Å². The fraction of sp³-hybridized carbons (Fsp3) is 0. The van der Waals surface area contributed by atoms with Gasteiger partial charge in [0.05, 0.1) is 5.56 Å². The lowest BCUT2D eigenvalue weighted by atomic mass is 10.2. The molecule has 0 spiro atoms. The maximum atomic E-state index is 12.9. The predicted octanol–water partition coefficient (Wildman–Crippen LogP) is 1.48. The number of rotatable bonds is 3. The molecule has 102 valence electrons. The normalized spacial score (nSPS) is 10.8. The first kappa shape index (κ1) is 13.8. The number of nitrogens with two attached hydrogens (primary N) is 1. The van der Waals surface area contributed by atoms with Gasteiger partial charge in [0.15, 0.2) is 0 Å². The monoisotopic (exact) mass is 292 g/mol. The van der Waals surface area contributed by atoms with Crippen molar-refractivity contribution in [1.82, 2.24) is 4.98 Å². The number of anilines is 2. The number of sulfonamides is 1. The lowest BCUT2D eigenvalue weighted by Crippen LogP contribution is -2.15. The molecule has 1 aromatic heterocycles. The average Bonchev–Trinajstić information content (AvgIpc) is 2.37. The van der Waals surface area contributed by atoms with Gasteiger partial charge >= 0.3 is 0 Å². The molecule has 3 N–H and O–H groups in total. The van der Waals surface area contributed by atoms with Crippen molar-refractivity contribution < 1.29 is 12.8 Å². The molecule has 2 aromatic rings. The van der Waals surface area contributed by atoms with E-state index in [4.69, 9.17) is 11.0 Å². The smallest absolute Gasteiger partial charge is 0.264 e. The Morgan fingerprint density at radius 1 is 1.30 bits per heavy atom. The van der Waals surface area contributed by atoms with Crippen LogP contribution in [0.25, 0.3) is 0 Å². The first-order valence-corrected chi connectivity index (χ1v) is 6.86. The Balaban J connectivity index is 2.44. The van der Waals surface area contributed by atoms with E-state index in [1.807, 2.05) is 0 Å². The molecule has 0 fully saturated rings. The second-order valence-electron chi connectivity index (χ2n) is 3.82. The molecule has 1 heterocycles. The molecule has 2 rings (SSSR count). The standard InChI is InChI=1S/C12H9FN4O2S/c13-11-2-1-3-12(16-11)17-20(18,19)10-5-4-9(15)6-8(10)7-14/h1-6H,15H2,(H,16,17). The highest BCUT2D eigenvalue weighted by atomic mass is 32.2. The van der Waals surface area contributed by atoms with Gasteiger partial charge in [0.1, 0.15) is 16.8 Å². The maximum Gasteiger partial charge on any atom is 0.264 e. The number of pyridine rings is 1. The Morgan fingerprint density at radius 2 is 2.05 bits per heavy atom. The Kier molecular flexibility index (Phi) is 3.54. The van der Waals surface area contributed by atoms with Crippen molar-refractivity contribution in [2.45, 2.75) is 4.90 Å². The van der Waals surface area contributed by atoms with Crippen LogP contribution in [0.1, 0.15) is 5.56 Å². The number of benzene rings is 1. The molecule has 0 saturated carbocycles. The van der Waals surface area contributed by atoms with E-state index in [1.54, 1.807) is 6.07 Å². The lowest BCUT2D eigenvalue weighted by molar-refractivity contribution is 0.584. The Hall–Kier alpha value is -2.66. The van der Waals surface area contributed by atoms with E-state index < -0.39 is 16.0 Å². The van der Waals surface area contributed by atoms with Crippen molar-refractivity contribution in [1.29, 1.82) is 5.26 Å². The van der Waals surface area contributed by atoms with Crippen LogP contribution in [0.5, 0.6) is 0 Å². The molecule has 0 radical (unpaired) electrons. The van der Waals surface area contributed by atoms with Gasteiger partial charge in [-0.05, 0) is 30.3 Å². The minimum absolute atomic E-state index is 0.103. The minimum atomic E-state index is -4.05. The van der Waals surface area contributed by atoms with Crippen LogP contribution in [0.3, 0.4) is 0 Å². The summed E-state index contributed by atoms with van der Waals surface area (Å²) in [6.45, 7) is 0. The predicted molar refractivity (Wildman–Crippen MR) is 70.6 cm³/mol. The first-order valence-electron chi connectivity index (χ1n) is 5.37. The number of aromatic nitrogens is 1. The zero-order valence-electron chi connectivity index (χ0n) is 10.0. The van der Waals surface area contributed by atoms with E-state index in [-0.39, 0.29) is 22.0 Å². The number of nitrogen functional groups attached to an aromatic ring is 1. The van der Waals surface area contributed by atoms with Crippen LogP contribution >= 0.6 is 0 Å². The molecule has 0 amide bonds. The summed E-state index contributed by atoms with van der Waals surface area (Å²) in [4.78, 5) is 3.14. The fourth-order valence-corrected chi connectivity index (χ4v) is 2.67. The minimum Gasteiger partial charge on any atom is -0.399 e. The zero-order valence-corrected chi connectivity index (χ0v) is 10.9. The maximum absolute atomic E-state index is 12.9. The SMILES string of the molecule is N#Cc1cc(N)ccc1S(=O)(=O)Nc1cccc(F)n1. The van der Waals surface area contributed by atoms with Crippen molar-refractivity contribution in [2.24, 2.45) is 0 Å². The van der Waals surface area contributed by atoms with E-state index in [9.17, 15) is 12.8 Å². The summed E-state index contributed by atoms with van der Waals surface area (Å²) in [6.07, 6.45) is 0. The van der Waals surface area contributed by atoms with E-state index >= 15 is 0 Å². The molecule has 0 aliphatic rings. The zero-order chi connectivity index (χ0) is 14.8. The van der Waals surface area contributed by atoms with E-state index in [0.717, 1.165) is 6.07 Å². The summed E-state index contributed by atoms with van der Waals surface area (Å²) < 4.78 is 39.3. The van der Waals surface area contributed by atoms with Gasteiger partial charge in [0, 0.05) is 5.69 Å². The van der Waals surface area contributed by atoms with Crippen molar-refractivity contribution in [2.75, 3.05) is 10.5 Å². The van der Waals surface area contributed by atoms with Crippen LogP contribution in [-0.4, -0.2) is 13.4 Å². The summed E-state index contributed by atoms with van der Waals surface area (Å²) in [6, 6.07) is 9.24. The van der Waals surface area contributed by atoms with Gasteiger partial charge < -0.3 is 5.73 Å². The molecule has 0 aliphatic heterocycles. The first-order chi connectivity index (χ1) is 9.42. The van der Waals surface area contributed by atoms with Crippen LogP contribution in [0, 0.1) is 17.3 Å². The van der Waals surface area contributed by atoms with Crippen molar-refractivity contribution in [3.63, 3.8) is 0 Å². The second kappa shape index (κ2) is 5.14. The molecular formula is C12H9FN4O2S. The third-order valence-electron chi connectivity index (χ3n) is 2.37. The van der Waals surface area contributed by atoms with Gasteiger partial charge in [-0.25, -0.2) is 13.4 Å². The van der Waals surface area contributed by atoms with E-state index in [0.29, 0.717) is 0 Å². The van der Waals surface area contributed by atoms with E-state index in [2.05, 4.69) is 9.71 Å². The van der Waals surface area contributed by atoms with Crippen molar-refractivity contribution in [3.05, 3.63) is 47.9 Å². The molecule has 0 aliphatic carbocycles. The Bertz CT molecular complexity index is 799. The van der Waals surface area contributed by atoms with Gasteiger partial charge in [-0.15, -0.1) is 0 Å². The number of hydrogen-bond donors (Lipinski definition) is 2. The van der Waals surface area contributed by atoms with Crippen LogP contribution < -0.4 is 10.5 Å². The molecule has 0 saturated heterocycles. The van der Waals surface area contributed by atoms with Crippen LogP contribution in [0.15, 0.2) is 41.3 Å². The summed E-state index contributed by atoms with van der Waals surface area (Å²) in [5.74, 6) is -0.992. The molecule has 1 aromatic carbocycles. The Morgan fingerprint density at radius 3 is 2.70 bits per heavy atom. The van der Waals surface area contributed by atoms with Gasteiger partial charge in [-0.3, -0.25) is 4.72 Å². The summed E-state index contributed by atoms with van der Waals surface area (Å²) in [5.41, 5.74) is 5.66. The highest BCUT2D eigenvalue weighted by Gasteiger charge is 2.19. The molecule has 0 bridgehead atoms. The third kappa shape index (κ3) is 2.84. The van der Waals surface area contributed by atoms with Gasteiger partial charge in [-0.1, -0.05) is 6.07 Å². The second-order valence-corrected chi connectivity index (χ2v) is 5.47. The Labute approximate surface area is 114 Å². The topological polar surface area (TPSA) is 109 Å². The fourth-order valence-electron chi connectivity index (χ4n) is 1.53. The highest BCUT2D eigenvalue weighted by Crippen LogP contribution is 2.20. The lowest BCUT2D eigenvalue weighted by Gasteiger charge is -2.09. The van der Waals surface area contributed by atoms with Gasteiger partial charge in [0.25, 0.3) is 10.0 Å². The summed E-state index contributed by atoms with van der Waals surface area (Å²) in [7, 11) is -4.05.